The predicted molar refractivity (Wildman–Crippen MR) is 109 cm³/mol. The summed E-state index contributed by atoms with van der Waals surface area (Å²) in [4.78, 5) is 14.0. The van der Waals surface area contributed by atoms with Crippen molar-refractivity contribution in [3.8, 4) is 5.69 Å². The summed E-state index contributed by atoms with van der Waals surface area (Å²) in [5, 5.41) is 8.93. The minimum atomic E-state index is -0.464. The Kier molecular flexibility index (Phi) is 5.66. The van der Waals surface area contributed by atoms with E-state index in [0.717, 1.165) is 57.0 Å². The van der Waals surface area contributed by atoms with E-state index in [1.54, 1.807) is 10.7 Å². The summed E-state index contributed by atoms with van der Waals surface area (Å²) in [6.45, 7) is 6.55. The lowest BCUT2D eigenvalue weighted by Gasteiger charge is -2.26. The van der Waals surface area contributed by atoms with Crippen LogP contribution in [-0.2, 0) is 11.3 Å². The van der Waals surface area contributed by atoms with Gasteiger partial charge in [0.25, 0.3) is 5.91 Å². The number of carbonyl (C=O) groups excluding carboxylic acids is 1. The molecule has 0 spiro atoms. The molecule has 4 rings (SSSR count). The van der Waals surface area contributed by atoms with Gasteiger partial charge in [0, 0.05) is 44.3 Å². The van der Waals surface area contributed by atoms with Crippen molar-refractivity contribution < 1.29 is 9.53 Å². The third-order valence-electron chi connectivity index (χ3n) is 5.04. The Morgan fingerprint density at radius 2 is 1.93 bits per heavy atom. The number of rotatable bonds is 7. The number of benzene rings is 2. The molecule has 2 heterocycles. The lowest BCUT2D eigenvalue weighted by Crippen LogP contribution is -2.40. The first-order chi connectivity index (χ1) is 13.7. The molecular weight excluding hydrogens is 354 g/mol. The molecule has 7 heteroatoms. The first-order valence-electron chi connectivity index (χ1n) is 9.59. The number of ether oxygens (including phenoxy) is 1. The molecule has 1 aromatic heterocycles. The van der Waals surface area contributed by atoms with E-state index in [1.807, 2.05) is 30.5 Å². The Hall–Kier alpha value is -2.74. The number of carbonyl (C=O) groups is 1. The molecule has 0 radical (unpaired) electrons. The van der Waals surface area contributed by atoms with Gasteiger partial charge < -0.3 is 15.8 Å². The number of hydrogen-bond donors (Lipinski definition) is 2. The average Bonchev–Trinajstić information content (AvgIpc) is 3.16. The van der Waals surface area contributed by atoms with Crippen LogP contribution in [0.3, 0.4) is 0 Å². The summed E-state index contributed by atoms with van der Waals surface area (Å²) < 4.78 is 7.15. The standard InChI is InChI=1S/C21H25N5O2/c22-21(27)19-3-1-2-17-15-26(24-20(17)19)18-6-4-16(5-7-18)14-23-8-9-25-10-12-28-13-11-25/h1-7,15,23H,8-14H2,(H2,22,27). The summed E-state index contributed by atoms with van der Waals surface area (Å²) in [7, 11) is 0. The van der Waals surface area contributed by atoms with E-state index in [1.165, 1.54) is 5.56 Å². The van der Waals surface area contributed by atoms with Crippen molar-refractivity contribution in [3.63, 3.8) is 0 Å². The van der Waals surface area contributed by atoms with Crippen molar-refractivity contribution in [2.75, 3.05) is 39.4 Å². The van der Waals surface area contributed by atoms with Crippen molar-refractivity contribution in [1.82, 2.24) is 20.0 Å². The maximum absolute atomic E-state index is 11.6. The van der Waals surface area contributed by atoms with Crippen molar-refractivity contribution in [2.24, 2.45) is 5.73 Å². The van der Waals surface area contributed by atoms with Crippen LogP contribution in [0.2, 0.25) is 0 Å². The lowest BCUT2D eigenvalue weighted by atomic mass is 10.1. The number of nitrogens with zero attached hydrogens (tertiary/aromatic N) is 3. The van der Waals surface area contributed by atoms with E-state index in [4.69, 9.17) is 10.5 Å². The minimum Gasteiger partial charge on any atom is -0.379 e. The van der Waals surface area contributed by atoms with Crippen molar-refractivity contribution >= 4 is 16.8 Å². The van der Waals surface area contributed by atoms with Crippen molar-refractivity contribution in [2.45, 2.75) is 6.54 Å². The van der Waals surface area contributed by atoms with Gasteiger partial charge in [0.2, 0.25) is 0 Å². The van der Waals surface area contributed by atoms with Crippen LogP contribution in [0.15, 0.2) is 48.7 Å². The second-order valence-corrected chi connectivity index (χ2v) is 6.98. The lowest BCUT2D eigenvalue weighted by molar-refractivity contribution is 0.0384. The normalized spacial score (nSPS) is 15.1. The smallest absolute Gasteiger partial charge is 0.250 e. The highest BCUT2D eigenvalue weighted by Gasteiger charge is 2.11. The number of morpholine rings is 1. The fourth-order valence-corrected chi connectivity index (χ4v) is 3.44. The molecule has 1 saturated heterocycles. The topological polar surface area (TPSA) is 85.4 Å². The second kappa shape index (κ2) is 8.52. The summed E-state index contributed by atoms with van der Waals surface area (Å²) in [6, 6.07) is 13.7. The Labute approximate surface area is 164 Å². The van der Waals surface area contributed by atoms with Crippen LogP contribution in [0.4, 0.5) is 0 Å². The first-order valence-corrected chi connectivity index (χ1v) is 9.59. The highest BCUT2D eigenvalue weighted by molar-refractivity contribution is 6.04. The van der Waals surface area contributed by atoms with E-state index in [0.29, 0.717) is 11.1 Å². The van der Waals surface area contributed by atoms with Gasteiger partial charge in [-0.15, -0.1) is 0 Å². The predicted octanol–water partition coefficient (Wildman–Crippen LogP) is 1.55. The molecule has 0 atom stereocenters. The molecule has 0 aliphatic carbocycles. The van der Waals surface area contributed by atoms with Crippen molar-refractivity contribution in [1.29, 1.82) is 0 Å². The first kappa shape index (κ1) is 18.6. The summed E-state index contributed by atoms with van der Waals surface area (Å²) >= 11 is 0. The van der Waals surface area contributed by atoms with Crippen LogP contribution >= 0.6 is 0 Å². The number of primary amides is 1. The van der Waals surface area contributed by atoms with E-state index in [9.17, 15) is 4.79 Å². The zero-order valence-corrected chi connectivity index (χ0v) is 15.8. The highest BCUT2D eigenvalue weighted by atomic mass is 16.5. The van der Waals surface area contributed by atoms with E-state index >= 15 is 0 Å². The number of nitrogens with two attached hydrogens (primary N) is 1. The van der Waals surface area contributed by atoms with Crippen LogP contribution in [0.25, 0.3) is 16.6 Å². The largest absolute Gasteiger partial charge is 0.379 e. The Balaban J connectivity index is 1.37. The van der Waals surface area contributed by atoms with Crippen LogP contribution in [0, 0.1) is 0 Å². The van der Waals surface area contributed by atoms with Gasteiger partial charge >= 0.3 is 0 Å². The zero-order valence-electron chi connectivity index (χ0n) is 15.8. The molecule has 7 nitrogen and oxygen atoms in total. The summed E-state index contributed by atoms with van der Waals surface area (Å²) in [6.07, 6.45) is 1.91. The van der Waals surface area contributed by atoms with Gasteiger partial charge in [-0.2, -0.15) is 5.10 Å². The highest BCUT2D eigenvalue weighted by Crippen LogP contribution is 2.19. The molecular formula is C21H25N5O2. The summed E-state index contributed by atoms with van der Waals surface area (Å²) in [5.41, 5.74) is 8.69. The molecule has 28 heavy (non-hydrogen) atoms. The fraction of sp³-hybridized carbons (Fsp3) is 0.333. The quantitative estimate of drug-likeness (QED) is 0.609. The fourth-order valence-electron chi connectivity index (χ4n) is 3.44. The third-order valence-corrected chi connectivity index (χ3v) is 5.04. The molecule has 1 fully saturated rings. The summed E-state index contributed by atoms with van der Waals surface area (Å²) in [5.74, 6) is -0.464. The maximum Gasteiger partial charge on any atom is 0.250 e. The molecule has 3 N–H and O–H groups in total. The average molecular weight is 379 g/mol. The van der Waals surface area contributed by atoms with Gasteiger partial charge in [0.15, 0.2) is 0 Å². The maximum atomic E-state index is 11.6. The molecule has 1 amide bonds. The van der Waals surface area contributed by atoms with Crippen LogP contribution in [0.5, 0.6) is 0 Å². The van der Waals surface area contributed by atoms with Crippen LogP contribution in [0.1, 0.15) is 15.9 Å². The number of fused-ring (bicyclic) bond motifs is 1. The number of nitrogens with one attached hydrogen (secondary N) is 1. The van der Waals surface area contributed by atoms with E-state index in [-0.39, 0.29) is 0 Å². The zero-order chi connectivity index (χ0) is 19.3. The number of amides is 1. The SMILES string of the molecule is NC(=O)c1cccc2cn(-c3ccc(CNCCN4CCOCC4)cc3)nc12. The van der Waals surface area contributed by atoms with Gasteiger partial charge in [-0.25, -0.2) is 4.68 Å². The molecule has 0 saturated carbocycles. The number of aromatic nitrogens is 2. The Morgan fingerprint density at radius 1 is 1.14 bits per heavy atom. The van der Waals surface area contributed by atoms with Gasteiger partial charge in [0.1, 0.15) is 5.52 Å². The molecule has 0 unspecified atom stereocenters. The van der Waals surface area contributed by atoms with E-state index < -0.39 is 5.91 Å². The van der Waals surface area contributed by atoms with Gasteiger partial charge in [-0.05, 0) is 23.8 Å². The molecule has 146 valence electrons. The molecule has 1 aliphatic rings. The Morgan fingerprint density at radius 3 is 2.68 bits per heavy atom. The minimum absolute atomic E-state index is 0.442. The van der Waals surface area contributed by atoms with Gasteiger partial charge in [-0.1, -0.05) is 24.3 Å². The van der Waals surface area contributed by atoms with Gasteiger partial charge in [0.05, 0.1) is 24.5 Å². The second-order valence-electron chi connectivity index (χ2n) is 6.98. The van der Waals surface area contributed by atoms with Crippen LogP contribution in [-0.4, -0.2) is 60.0 Å². The monoisotopic (exact) mass is 379 g/mol. The Bertz CT molecular complexity index is 945. The van der Waals surface area contributed by atoms with Crippen molar-refractivity contribution in [3.05, 3.63) is 59.8 Å². The molecule has 3 aromatic rings. The number of hydrogen-bond acceptors (Lipinski definition) is 5. The van der Waals surface area contributed by atoms with E-state index in [2.05, 4.69) is 27.4 Å². The molecule has 1 aliphatic heterocycles. The molecule has 2 aromatic carbocycles. The third kappa shape index (κ3) is 4.22. The van der Waals surface area contributed by atoms with Crippen LogP contribution < -0.4 is 11.1 Å². The van der Waals surface area contributed by atoms with Gasteiger partial charge in [-0.3, -0.25) is 9.69 Å². The molecule has 0 bridgehead atoms.